The Morgan fingerprint density at radius 1 is 1.12 bits per heavy atom. The van der Waals surface area contributed by atoms with Gasteiger partial charge in [0.25, 0.3) is 5.91 Å². The van der Waals surface area contributed by atoms with Crippen molar-refractivity contribution in [3.8, 4) is 11.1 Å². The fourth-order valence-electron chi connectivity index (χ4n) is 3.57. The lowest BCUT2D eigenvalue weighted by molar-refractivity contribution is -0.152. The van der Waals surface area contributed by atoms with E-state index in [1.807, 2.05) is 61.5 Å². The van der Waals surface area contributed by atoms with Crippen LogP contribution in [0.4, 0.5) is 0 Å². The minimum Gasteiger partial charge on any atom is -0.481 e. The number of amides is 1. The van der Waals surface area contributed by atoms with Crippen molar-refractivity contribution in [2.75, 3.05) is 13.2 Å². The number of hydrogen-bond acceptors (Lipinski definition) is 5. The molecule has 1 heterocycles. The van der Waals surface area contributed by atoms with Crippen LogP contribution >= 0.6 is 0 Å². The van der Waals surface area contributed by atoms with Gasteiger partial charge in [-0.05, 0) is 43.4 Å². The number of carboxylic acid groups (broad SMARTS) is 1. The molecule has 0 aliphatic heterocycles. The monoisotopic (exact) mass is 436 g/mol. The number of carboxylic acids is 1. The van der Waals surface area contributed by atoms with E-state index in [0.29, 0.717) is 13.0 Å². The van der Waals surface area contributed by atoms with E-state index >= 15 is 0 Å². The minimum atomic E-state index is -1.15. The molecule has 0 spiro atoms. The number of nitrogens with zero attached hydrogens (tertiary/aromatic N) is 2. The van der Waals surface area contributed by atoms with Gasteiger partial charge in [0.05, 0.1) is 18.2 Å². The van der Waals surface area contributed by atoms with Gasteiger partial charge in [-0.1, -0.05) is 59.8 Å². The number of H-pyrrole nitrogens is 1. The number of rotatable bonds is 11. The molecule has 0 radical (unpaired) electrons. The van der Waals surface area contributed by atoms with E-state index in [1.54, 1.807) is 6.92 Å². The Morgan fingerprint density at radius 3 is 2.41 bits per heavy atom. The summed E-state index contributed by atoms with van der Waals surface area (Å²) in [6.45, 7) is 3.93. The van der Waals surface area contributed by atoms with E-state index in [0.717, 1.165) is 16.7 Å². The number of hydrogen-bond donors (Lipinski definition) is 3. The SMILES string of the molecule is CCOCC(C)(C[C@@H](Cc1ccc(-c2ccccc2)cc1)NC(=O)c1c[nH]nn1)C(=O)O. The van der Waals surface area contributed by atoms with Gasteiger partial charge in [-0.25, -0.2) is 0 Å². The normalized spacial score (nSPS) is 13.8. The van der Waals surface area contributed by atoms with E-state index in [4.69, 9.17) is 4.74 Å². The van der Waals surface area contributed by atoms with Crippen LogP contribution in [0.5, 0.6) is 0 Å². The first-order chi connectivity index (χ1) is 15.4. The number of aliphatic carboxylic acids is 1. The number of carbonyl (C=O) groups is 2. The Bertz CT molecular complexity index is 1010. The van der Waals surface area contributed by atoms with E-state index in [-0.39, 0.29) is 18.7 Å². The summed E-state index contributed by atoms with van der Waals surface area (Å²) in [6, 6.07) is 17.6. The third-order valence-electron chi connectivity index (χ3n) is 5.37. The number of aromatic nitrogens is 3. The fourth-order valence-corrected chi connectivity index (χ4v) is 3.57. The fraction of sp³-hybridized carbons (Fsp3) is 0.333. The van der Waals surface area contributed by atoms with Crippen LogP contribution in [-0.2, 0) is 16.0 Å². The van der Waals surface area contributed by atoms with Gasteiger partial charge in [-0.3, -0.25) is 14.7 Å². The summed E-state index contributed by atoms with van der Waals surface area (Å²) in [5.74, 6) is -1.38. The summed E-state index contributed by atoms with van der Waals surface area (Å²) >= 11 is 0. The first-order valence-corrected chi connectivity index (χ1v) is 10.5. The molecule has 0 fully saturated rings. The van der Waals surface area contributed by atoms with Crippen molar-refractivity contribution in [1.82, 2.24) is 20.7 Å². The van der Waals surface area contributed by atoms with E-state index in [2.05, 4.69) is 20.7 Å². The molecule has 1 unspecified atom stereocenters. The molecule has 168 valence electrons. The van der Waals surface area contributed by atoms with Crippen LogP contribution in [0, 0.1) is 5.41 Å². The van der Waals surface area contributed by atoms with Crippen molar-refractivity contribution < 1.29 is 19.4 Å². The maximum Gasteiger partial charge on any atom is 0.311 e. The molecule has 0 saturated carbocycles. The van der Waals surface area contributed by atoms with Crippen LogP contribution in [0.3, 0.4) is 0 Å². The zero-order valence-corrected chi connectivity index (χ0v) is 18.2. The van der Waals surface area contributed by atoms with Crippen LogP contribution in [0.1, 0.15) is 36.3 Å². The Kier molecular flexibility index (Phi) is 7.72. The van der Waals surface area contributed by atoms with E-state index < -0.39 is 23.3 Å². The van der Waals surface area contributed by atoms with Crippen LogP contribution in [0.15, 0.2) is 60.8 Å². The maximum absolute atomic E-state index is 12.6. The van der Waals surface area contributed by atoms with Crippen molar-refractivity contribution in [1.29, 1.82) is 0 Å². The van der Waals surface area contributed by atoms with Gasteiger partial charge in [0.15, 0.2) is 5.69 Å². The molecule has 0 bridgehead atoms. The number of aromatic amines is 1. The van der Waals surface area contributed by atoms with Gasteiger partial charge in [0.1, 0.15) is 0 Å². The quantitative estimate of drug-likeness (QED) is 0.424. The van der Waals surface area contributed by atoms with E-state index in [9.17, 15) is 14.7 Å². The highest BCUT2D eigenvalue weighted by Crippen LogP contribution is 2.27. The van der Waals surface area contributed by atoms with Crippen LogP contribution in [0.2, 0.25) is 0 Å². The molecule has 32 heavy (non-hydrogen) atoms. The molecule has 1 aromatic heterocycles. The Morgan fingerprint density at radius 2 is 1.81 bits per heavy atom. The Hall–Kier alpha value is -3.52. The van der Waals surface area contributed by atoms with Gasteiger partial charge < -0.3 is 15.2 Å². The second-order valence-corrected chi connectivity index (χ2v) is 8.00. The topological polar surface area (TPSA) is 117 Å². The molecule has 3 aromatic rings. The van der Waals surface area contributed by atoms with E-state index in [1.165, 1.54) is 6.20 Å². The molecular weight excluding hydrogens is 408 g/mol. The van der Waals surface area contributed by atoms with Crippen molar-refractivity contribution in [3.63, 3.8) is 0 Å². The lowest BCUT2D eigenvalue weighted by Gasteiger charge is -2.30. The Balaban J connectivity index is 1.79. The predicted molar refractivity (Wildman–Crippen MR) is 120 cm³/mol. The molecule has 2 aromatic carbocycles. The number of nitrogens with one attached hydrogen (secondary N) is 2. The highest BCUT2D eigenvalue weighted by molar-refractivity contribution is 5.92. The smallest absolute Gasteiger partial charge is 0.311 e. The summed E-state index contributed by atoms with van der Waals surface area (Å²) in [5.41, 5.74) is 2.19. The zero-order valence-electron chi connectivity index (χ0n) is 18.2. The highest BCUT2D eigenvalue weighted by atomic mass is 16.5. The number of carbonyl (C=O) groups excluding carboxylic acids is 1. The van der Waals surface area contributed by atoms with Gasteiger partial charge >= 0.3 is 5.97 Å². The molecule has 0 aliphatic rings. The van der Waals surface area contributed by atoms with Crippen molar-refractivity contribution in [3.05, 3.63) is 72.1 Å². The lowest BCUT2D eigenvalue weighted by atomic mass is 9.82. The minimum absolute atomic E-state index is 0.0576. The molecular formula is C24H28N4O4. The molecule has 3 rings (SSSR count). The predicted octanol–water partition coefficient (Wildman–Crippen LogP) is 3.33. The van der Waals surface area contributed by atoms with Gasteiger partial charge in [0.2, 0.25) is 0 Å². The van der Waals surface area contributed by atoms with Crippen LogP contribution in [-0.4, -0.2) is 51.6 Å². The third kappa shape index (κ3) is 6.01. The number of ether oxygens (including phenoxy) is 1. The largest absolute Gasteiger partial charge is 0.481 e. The first kappa shape index (κ1) is 23.1. The summed E-state index contributed by atoms with van der Waals surface area (Å²) in [4.78, 5) is 24.6. The summed E-state index contributed by atoms with van der Waals surface area (Å²) in [6.07, 6.45) is 2.07. The molecule has 0 saturated heterocycles. The molecule has 0 aliphatic carbocycles. The summed E-state index contributed by atoms with van der Waals surface area (Å²) in [5, 5.41) is 22.6. The van der Waals surface area contributed by atoms with Crippen molar-refractivity contribution in [2.45, 2.75) is 32.7 Å². The van der Waals surface area contributed by atoms with Gasteiger partial charge in [-0.15, -0.1) is 5.10 Å². The van der Waals surface area contributed by atoms with Gasteiger partial charge in [-0.2, -0.15) is 0 Å². The summed E-state index contributed by atoms with van der Waals surface area (Å²) < 4.78 is 5.43. The van der Waals surface area contributed by atoms with Crippen LogP contribution in [0.25, 0.3) is 11.1 Å². The molecule has 3 N–H and O–H groups in total. The average Bonchev–Trinajstić information content (AvgIpc) is 3.34. The second kappa shape index (κ2) is 10.7. The van der Waals surface area contributed by atoms with Crippen molar-refractivity contribution in [2.24, 2.45) is 5.41 Å². The lowest BCUT2D eigenvalue weighted by Crippen LogP contribution is -2.44. The maximum atomic E-state index is 12.6. The average molecular weight is 437 g/mol. The second-order valence-electron chi connectivity index (χ2n) is 8.00. The number of benzene rings is 2. The highest BCUT2D eigenvalue weighted by Gasteiger charge is 2.37. The summed E-state index contributed by atoms with van der Waals surface area (Å²) in [7, 11) is 0. The molecule has 1 amide bonds. The van der Waals surface area contributed by atoms with Crippen LogP contribution < -0.4 is 5.32 Å². The molecule has 8 nitrogen and oxygen atoms in total. The van der Waals surface area contributed by atoms with Gasteiger partial charge in [0, 0.05) is 12.6 Å². The first-order valence-electron chi connectivity index (χ1n) is 10.5. The van der Waals surface area contributed by atoms with Crippen molar-refractivity contribution >= 4 is 11.9 Å². The molecule has 2 atom stereocenters. The Labute approximate surface area is 187 Å². The molecule has 8 heteroatoms. The standard InChI is InChI=1S/C24H28N4O4/c1-3-32-16-24(2,23(30)31)14-20(26-22(29)21-15-25-28-27-21)13-17-9-11-19(12-10-17)18-7-5-4-6-8-18/h4-12,15,20H,3,13-14,16H2,1-2H3,(H,26,29)(H,30,31)(H,25,27,28)/t20-,24?/m1/s1. The zero-order chi connectivity index (χ0) is 23.0. The third-order valence-corrected chi connectivity index (χ3v) is 5.37.